The number of ether oxygens (including phenoxy) is 2. The van der Waals surface area contributed by atoms with Crippen LogP contribution in [0.4, 0.5) is 5.69 Å². The van der Waals surface area contributed by atoms with Crippen LogP contribution in [-0.2, 0) is 14.3 Å². The number of hydrogen-bond donors (Lipinski definition) is 1. The van der Waals surface area contributed by atoms with Gasteiger partial charge in [0, 0.05) is 5.56 Å². The highest BCUT2D eigenvalue weighted by atomic mass is 16.6. The van der Waals surface area contributed by atoms with Crippen LogP contribution in [0.25, 0.3) is 0 Å². The van der Waals surface area contributed by atoms with Crippen molar-refractivity contribution < 1.29 is 19.2 Å². The van der Waals surface area contributed by atoms with E-state index in [0.29, 0.717) is 0 Å². The molecule has 0 radical (unpaired) electrons. The van der Waals surface area contributed by atoms with E-state index in [1.807, 2.05) is 6.07 Å². The number of para-hydroxylation sites is 1. The average Bonchev–Trinajstić information content (AvgIpc) is 2.60. The van der Waals surface area contributed by atoms with E-state index in [0.717, 1.165) is 0 Å². The monoisotopic (exact) mass is 354 g/mol. The maximum Gasteiger partial charge on any atom is 0.338 e. The first kappa shape index (κ1) is 18.5. The molecule has 26 heavy (non-hydrogen) atoms. The molecule has 9 nitrogen and oxygen atoms in total. The summed E-state index contributed by atoms with van der Waals surface area (Å²) in [7, 11) is 0. The summed E-state index contributed by atoms with van der Waals surface area (Å²) in [4.78, 5) is 23.3. The summed E-state index contributed by atoms with van der Waals surface area (Å²) in [5.74, 6) is -2.16. The number of carbonyl (C=O) groups excluding carboxylic acids is 1. The van der Waals surface area contributed by atoms with Gasteiger partial charge in [0.2, 0.25) is 5.88 Å². The van der Waals surface area contributed by atoms with Gasteiger partial charge in [-0.1, -0.05) is 12.1 Å². The van der Waals surface area contributed by atoms with Crippen LogP contribution in [0, 0.1) is 32.8 Å². The molecule has 0 fully saturated rings. The van der Waals surface area contributed by atoms with Crippen molar-refractivity contribution in [1.82, 2.24) is 0 Å². The summed E-state index contributed by atoms with van der Waals surface area (Å²) in [6.07, 6.45) is 0. The molecule has 0 aliphatic carbocycles. The molecule has 1 aliphatic heterocycles. The second kappa shape index (κ2) is 7.36. The largest absolute Gasteiger partial charge is 0.463 e. The highest BCUT2D eigenvalue weighted by Crippen LogP contribution is 2.43. The van der Waals surface area contributed by atoms with E-state index < -0.39 is 22.5 Å². The van der Waals surface area contributed by atoms with Crippen LogP contribution < -0.4 is 5.73 Å². The van der Waals surface area contributed by atoms with Crippen LogP contribution >= 0.6 is 0 Å². The molecule has 132 valence electrons. The highest BCUT2D eigenvalue weighted by molar-refractivity contribution is 5.93. The first-order chi connectivity index (χ1) is 12.4. The number of hydrogen-bond acceptors (Lipinski definition) is 8. The fourth-order valence-corrected chi connectivity index (χ4v) is 2.75. The number of nitriles is 2. The van der Waals surface area contributed by atoms with Crippen molar-refractivity contribution in [2.75, 3.05) is 6.61 Å². The number of allylic oxidation sites excluding steroid dienone is 2. The highest BCUT2D eigenvalue weighted by Gasteiger charge is 2.40. The molecule has 9 heteroatoms. The Bertz CT molecular complexity index is 933. The number of carbonyl (C=O) groups is 1. The van der Waals surface area contributed by atoms with E-state index in [-0.39, 0.29) is 40.5 Å². The predicted octanol–water partition coefficient (Wildman–Crippen LogP) is 2.11. The summed E-state index contributed by atoms with van der Waals surface area (Å²) >= 11 is 0. The lowest BCUT2D eigenvalue weighted by molar-refractivity contribution is -0.385. The molecule has 1 unspecified atom stereocenters. The zero-order valence-electron chi connectivity index (χ0n) is 14.0. The Balaban J connectivity index is 2.83. The smallest absolute Gasteiger partial charge is 0.338 e. The lowest BCUT2D eigenvalue weighted by atomic mass is 9.81. The summed E-state index contributed by atoms with van der Waals surface area (Å²) < 4.78 is 10.3. The number of benzene rings is 1. The van der Waals surface area contributed by atoms with Gasteiger partial charge in [0.1, 0.15) is 29.0 Å². The van der Waals surface area contributed by atoms with Crippen LogP contribution in [0.15, 0.2) is 41.0 Å². The van der Waals surface area contributed by atoms with Crippen LogP contribution in [0.5, 0.6) is 0 Å². The van der Waals surface area contributed by atoms with Gasteiger partial charge in [-0.15, -0.1) is 0 Å². The van der Waals surface area contributed by atoms with Crippen molar-refractivity contribution in [2.45, 2.75) is 19.8 Å². The second-order valence-electron chi connectivity index (χ2n) is 5.23. The first-order valence-corrected chi connectivity index (χ1v) is 7.50. The van der Waals surface area contributed by atoms with Crippen molar-refractivity contribution in [3.63, 3.8) is 0 Å². The number of nitrogens with two attached hydrogens (primary N) is 1. The zero-order chi connectivity index (χ0) is 19.4. The number of rotatable bonds is 4. The molecule has 0 spiro atoms. The molecule has 1 aromatic rings. The van der Waals surface area contributed by atoms with E-state index in [2.05, 4.69) is 0 Å². The second-order valence-corrected chi connectivity index (χ2v) is 5.23. The van der Waals surface area contributed by atoms with E-state index >= 15 is 0 Å². The van der Waals surface area contributed by atoms with Crippen LogP contribution in [0.2, 0.25) is 0 Å². The third kappa shape index (κ3) is 3.06. The molecule has 0 saturated carbocycles. The molecule has 0 bridgehead atoms. The molecule has 1 heterocycles. The Labute approximate surface area is 148 Å². The Morgan fingerprint density at radius 2 is 2.12 bits per heavy atom. The van der Waals surface area contributed by atoms with E-state index in [4.69, 9.17) is 15.2 Å². The number of esters is 1. The van der Waals surface area contributed by atoms with Gasteiger partial charge < -0.3 is 15.2 Å². The van der Waals surface area contributed by atoms with E-state index in [1.54, 1.807) is 13.0 Å². The molecule has 2 rings (SSSR count). The third-order valence-corrected chi connectivity index (χ3v) is 3.78. The van der Waals surface area contributed by atoms with E-state index in [9.17, 15) is 25.4 Å². The molecule has 1 atom stereocenters. The first-order valence-electron chi connectivity index (χ1n) is 7.50. The fraction of sp³-hybridized carbons (Fsp3) is 0.235. The van der Waals surface area contributed by atoms with Crippen molar-refractivity contribution in [3.05, 3.63) is 62.2 Å². The molecule has 0 amide bonds. The Morgan fingerprint density at radius 3 is 2.65 bits per heavy atom. The van der Waals surface area contributed by atoms with Gasteiger partial charge in [-0.2, -0.15) is 10.5 Å². The molecule has 0 saturated heterocycles. The molecule has 2 N–H and O–H groups in total. The topological polar surface area (TPSA) is 152 Å². The molecular weight excluding hydrogens is 340 g/mol. The minimum absolute atomic E-state index is 0.0146. The van der Waals surface area contributed by atoms with Gasteiger partial charge in [0.05, 0.1) is 23.0 Å². The molecule has 0 aromatic heterocycles. The van der Waals surface area contributed by atoms with Crippen molar-refractivity contribution >= 4 is 11.7 Å². The predicted molar refractivity (Wildman–Crippen MR) is 87.8 cm³/mol. The number of nitro groups is 1. The fourth-order valence-electron chi connectivity index (χ4n) is 2.75. The normalized spacial score (nSPS) is 16.4. The van der Waals surface area contributed by atoms with Crippen LogP contribution in [0.1, 0.15) is 30.9 Å². The molecule has 1 aromatic carbocycles. The molecular formula is C17H14N4O5. The van der Waals surface area contributed by atoms with Gasteiger partial charge in [0.25, 0.3) is 5.69 Å². The van der Waals surface area contributed by atoms with Crippen molar-refractivity contribution in [1.29, 1.82) is 10.5 Å². The third-order valence-electron chi connectivity index (χ3n) is 3.78. The Morgan fingerprint density at radius 1 is 1.42 bits per heavy atom. The summed E-state index contributed by atoms with van der Waals surface area (Å²) in [5.41, 5.74) is 4.80. The summed E-state index contributed by atoms with van der Waals surface area (Å²) in [6.45, 7) is 3.10. The lowest BCUT2D eigenvalue weighted by Crippen LogP contribution is -2.26. The van der Waals surface area contributed by atoms with Crippen molar-refractivity contribution in [2.24, 2.45) is 5.73 Å². The number of nitro benzene ring substituents is 1. The quantitative estimate of drug-likeness (QED) is 0.490. The zero-order valence-corrected chi connectivity index (χ0v) is 14.0. The Hall–Kier alpha value is -3.85. The van der Waals surface area contributed by atoms with Crippen LogP contribution in [0.3, 0.4) is 0 Å². The maximum atomic E-state index is 12.4. The average molecular weight is 354 g/mol. The van der Waals surface area contributed by atoms with Gasteiger partial charge >= 0.3 is 5.97 Å². The van der Waals surface area contributed by atoms with Gasteiger partial charge in [-0.05, 0) is 19.9 Å². The maximum absolute atomic E-state index is 12.4. The Kier molecular flexibility index (Phi) is 5.24. The summed E-state index contributed by atoms with van der Waals surface area (Å²) in [6, 6.07) is 7.66. The minimum atomic E-state index is -1.18. The SMILES string of the molecule is CCOC(=O)C1=C(C)OC(N)=C(C#N)C1c1cccc(C#N)c1[N+](=O)[O-]. The minimum Gasteiger partial charge on any atom is -0.463 e. The van der Waals surface area contributed by atoms with Crippen molar-refractivity contribution in [3.8, 4) is 12.1 Å². The van der Waals surface area contributed by atoms with Gasteiger partial charge in [-0.3, -0.25) is 10.1 Å². The lowest BCUT2D eigenvalue weighted by Gasteiger charge is -2.26. The van der Waals surface area contributed by atoms with Crippen LogP contribution in [-0.4, -0.2) is 17.5 Å². The molecule has 1 aliphatic rings. The number of nitrogens with zero attached hydrogens (tertiary/aromatic N) is 3. The van der Waals surface area contributed by atoms with Gasteiger partial charge in [-0.25, -0.2) is 4.79 Å². The van der Waals surface area contributed by atoms with E-state index in [1.165, 1.54) is 25.1 Å². The standard InChI is InChI=1S/C17H14N4O5/c1-3-25-17(22)13-9(2)26-16(20)12(8-19)14(13)11-6-4-5-10(7-18)15(11)21(23)24/h4-6,14H,3,20H2,1-2H3. The van der Waals surface area contributed by atoms with Gasteiger partial charge in [0.15, 0.2) is 0 Å². The summed E-state index contributed by atoms with van der Waals surface area (Å²) in [5, 5.41) is 30.2.